The summed E-state index contributed by atoms with van der Waals surface area (Å²) in [7, 11) is 0. The van der Waals surface area contributed by atoms with E-state index in [1.807, 2.05) is 6.92 Å². The minimum atomic E-state index is -1.03. The summed E-state index contributed by atoms with van der Waals surface area (Å²) in [5, 5.41) is 22.1. The van der Waals surface area contributed by atoms with E-state index in [0.29, 0.717) is 12.8 Å². The van der Waals surface area contributed by atoms with Gasteiger partial charge in [0.2, 0.25) is 0 Å². The van der Waals surface area contributed by atoms with Crippen molar-refractivity contribution in [3.8, 4) is 0 Å². The molecule has 8 nitrogen and oxygen atoms in total. The summed E-state index contributed by atoms with van der Waals surface area (Å²) in [6.45, 7) is 1.71. The number of amides is 1. The van der Waals surface area contributed by atoms with E-state index in [2.05, 4.69) is 10.3 Å². The molecule has 0 bridgehead atoms. The van der Waals surface area contributed by atoms with E-state index >= 15 is 0 Å². The van der Waals surface area contributed by atoms with Gasteiger partial charge in [-0.1, -0.05) is 24.9 Å². The number of carbonyl (C=O) groups excluding carboxylic acids is 1. The summed E-state index contributed by atoms with van der Waals surface area (Å²) in [4.78, 5) is 36.6. The molecule has 1 aromatic heterocycles. The number of aromatic nitrogens is 1. The second kappa shape index (κ2) is 7.53. The lowest BCUT2D eigenvalue weighted by Crippen LogP contribution is -2.33. The molecule has 1 amide bonds. The second-order valence-corrected chi connectivity index (χ2v) is 4.70. The number of nitro groups is 1. The summed E-state index contributed by atoms with van der Waals surface area (Å²) >= 11 is 5.62. The van der Waals surface area contributed by atoms with Crippen LogP contribution in [-0.4, -0.2) is 33.4 Å². The summed E-state index contributed by atoms with van der Waals surface area (Å²) in [5.41, 5.74) is -0.736. The van der Waals surface area contributed by atoms with E-state index < -0.39 is 28.4 Å². The van der Waals surface area contributed by atoms with Crippen LogP contribution in [0.2, 0.25) is 5.15 Å². The van der Waals surface area contributed by atoms with Crippen LogP contribution in [0.1, 0.15) is 30.1 Å². The van der Waals surface area contributed by atoms with Crippen molar-refractivity contribution in [2.75, 3.05) is 6.54 Å². The quantitative estimate of drug-likeness (QED) is 0.450. The molecule has 0 aliphatic carbocycles. The maximum Gasteiger partial charge on any atom is 0.308 e. The molecule has 9 heteroatoms. The van der Waals surface area contributed by atoms with Gasteiger partial charge in [-0.15, -0.1) is 0 Å². The molecule has 2 N–H and O–H groups in total. The summed E-state index contributed by atoms with van der Waals surface area (Å²) in [6.07, 6.45) is 1.93. The first-order chi connectivity index (χ1) is 9.86. The summed E-state index contributed by atoms with van der Waals surface area (Å²) < 4.78 is 0. The molecule has 0 aliphatic heterocycles. The van der Waals surface area contributed by atoms with Crippen LogP contribution in [0.5, 0.6) is 0 Å². The average Bonchev–Trinajstić information content (AvgIpc) is 2.42. The Hall–Kier alpha value is -2.22. The first-order valence-corrected chi connectivity index (χ1v) is 6.55. The topological polar surface area (TPSA) is 122 Å². The van der Waals surface area contributed by atoms with Gasteiger partial charge in [0, 0.05) is 6.54 Å². The van der Waals surface area contributed by atoms with E-state index in [9.17, 15) is 19.7 Å². The third-order valence-corrected chi connectivity index (χ3v) is 2.99. The third-order valence-electron chi connectivity index (χ3n) is 2.79. The van der Waals surface area contributed by atoms with Gasteiger partial charge in [-0.25, -0.2) is 4.98 Å². The van der Waals surface area contributed by atoms with Crippen molar-refractivity contribution in [3.05, 3.63) is 33.1 Å². The highest BCUT2D eigenvalue weighted by Gasteiger charge is 2.23. The zero-order valence-corrected chi connectivity index (χ0v) is 12.0. The summed E-state index contributed by atoms with van der Waals surface area (Å²) in [6, 6.07) is 1.07. The molecule has 1 rings (SSSR count). The highest BCUT2D eigenvalue weighted by Crippen LogP contribution is 2.20. The minimum absolute atomic E-state index is 0.0610. The zero-order chi connectivity index (χ0) is 16.0. The average molecular weight is 316 g/mol. The van der Waals surface area contributed by atoms with Crippen molar-refractivity contribution in [2.24, 2.45) is 5.92 Å². The van der Waals surface area contributed by atoms with Crippen molar-refractivity contribution < 1.29 is 19.6 Å². The normalized spacial score (nSPS) is 11.7. The smallest absolute Gasteiger partial charge is 0.308 e. The predicted octanol–water partition coefficient (Wildman–Crippen LogP) is 1.87. The van der Waals surface area contributed by atoms with Gasteiger partial charge in [0.1, 0.15) is 16.9 Å². The van der Waals surface area contributed by atoms with Crippen LogP contribution in [0.25, 0.3) is 0 Å². The highest BCUT2D eigenvalue weighted by atomic mass is 35.5. The molecule has 0 spiro atoms. The third kappa shape index (κ3) is 4.67. The maximum atomic E-state index is 12.0. The molecule has 1 unspecified atom stereocenters. The molecular formula is C12H14ClN3O5. The van der Waals surface area contributed by atoms with Crippen LogP contribution in [0.4, 0.5) is 5.69 Å². The van der Waals surface area contributed by atoms with Gasteiger partial charge in [-0.3, -0.25) is 19.7 Å². The lowest BCUT2D eigenvalue weighted by molar-refractivity contribution is -0.385. The number of halogens is 1. The van der Waals surface area contributed by atoms with E-state index in [1.165, 1.54) is 0 Å². The fraction of sp³-hybridized carbons (Fsp3) is 0.417. The van der Waals surface area contributed by atoms with Gasteiger partial charge in [-0.05, 0) is 12.5 Å². The van der Waals surface area contributed by atoms with Crippen LogP contribution in [0.15, 0.2) is 12.3 Å². The number of nitrogens with zero attached hydrogens (tertiary/aromatic N) is 2. The number of rotatable bonds is 7. The Morgan fingerprint density at radius 3 is 2.76 bits per heavy atom. The molecule has 0 aliphatic rings. The van der Waals surface area contributed by atoms with Gasteiger partial charge < -0.3 is 10.4 Å². The fourth-order valence-electron chi connectivity index (χ4n) is 1.72. The van der Waals surface area contributed by atoms with E-state index in [4.69, 9.17) is 16.7 Å². The van der Waals surface area contributed by atoms with Gasteiger partial charge in [0.05, 0.1) is 10.8 Å². The molecule has 0 saturated heterocycles. The largest absolute Gasteiger partial charge is 0.481 e. The Kier molecular flexibility index (Phi) is 6.04. The number of aliphatic carboxylic acids is 1. The number of pyridine rings is 1. The monoisotopic (exact) mass is 315 g/mol. The number of hydrogen-bond donors (Lipinski definition) is 2. The molecule has 0 fully saturated rings. The molecule has 114 valence electrons. The van der Waals surface area contributed by atoms with Gasteiger partial charge in [-0.2, -0.15) is 0 Å². The molecule has 1 aromatic rings. The zero-order valence-electron chi connectivity index (χ0n) is 11.2. The van der Waals surface area contributed by atoms with Crippen molar-refractivity contribution in [1.29, 1.82) is 0 Å². The minimum Gasteiger partial charge on any atom is -0.481 e. The number of nitrogens with one attached hydrogen (secondary N) is 1. The Labute approximate surface area is 125 Å². The SMILES string of the molecule is CCCC(CNC(=O)c1cc(Cl)ncc1[N+](=O)[O-])C(=O)O. The molecule has 21 heavy (non-hydrogen) atoms. The standard InChI is InChI=1S/C12H14ClN3O5/c1-2-3-7(12(18)19)5-15-11(17)8-4-10(13)14-6-9(8)16(20)21/h4,6-7H,2-3,5H2,1H3,(H,15,17)(H,18,19). The predicted molar refractivity (Wildman–Crippen MR) is 74.3 cm³/mol. The van der Waals surface area contributed by atoms with Gasteiger partial charge >= 0.3 is 5.97 Å². The van der Waals surface area contributed by atoms with Crippen LogP contribution in [0, 0.1) is 16.0 Å². The van der Waals surface area contributed by atoms with Crippen LogP contribution in [0.3, 0.4) is 0 Å². The molecule has 0 aromatic carbocycles. The number of carbonyl (C=O) groups is 2. The number of carboxylic acid groups (broad SMARTS) is 1. The van der Waals surface area contributed by atoms with Crippen LogP contribution >= 0.6 is 11.6 Å². The van der Waals surface area contributed by atoms with E-state index in [0.717, 1.165) is 12.3 Å². The highest BCUT2D eigenvalue weighted by molar-refractivity contribution is 6.29. The fourth-order valence-corrected chi connectivity index (χ4v) is 1.88. The van der Waals surface area contributed by atoms with Crippen molar-refractivity contribution >= 4 is 29.2 Å². The van der Waals surface area contributed by atoms with Gasteiger partial charge in [0.15, 0.2) is 0 Å². The van der Waals surface area contributed by atoms with Gasteiger partial charge in [0.25, 0.3) is 11.6 Å². The number of carboxylic acids is 1. The molecule has 0 saturated carbocycles. The molecule has 1 heterocycles. The lowest BCUT2D eigenvalue weighted by atomic mass is 10.0. The Balaban J connectivity index is 2.86. The maximum absolute atomic E-state index is 12.0. The Morgan fingerprint density at radius 1 is 1.57 bits per heavy atom. The lowest BCUT2D eigenvalue weighted by Gasteiger charge is -2.12. The van der Waals surface area contributed by atoms with E-state index in [1.54, 1.807) is 0 Å². The summed E-state index contributed by atoms with van der Waals surface area (Å²) in [5.74, 6) is -2.52. The van der Waals surface area contributed by atoms with E-state index in [-0.39, 0.29) is 17.3 Å². The first kappa shape index (κ1) is 16.8. The van der Waals surface area contributed by atoms with Crippen molar-refractivity contribution in [3.63, 3.8) is 0 Å². The second-order valence-electron chi connectivity index (χ2n) is 4.32. The van der Waals surface area contributed by atoms with Crippen molar-refractivity contribution in [1.82, 2.24) is 10.3 Å². The van der Waals surface area contributed by atoms with Crippen LogP contribution < -0.4 is 5.32 Å². The van der Waals surface area contributed by atoms with Crippen molar-refractivity contribution in [2.45, 2.75) is 19.8 Å². The molecular weight excluding hydrogens is 302 g/mol. The Bertz CT molecular complexity index is 564. The van der Waals surface area contributed by atoms with Crippen LogP contribution in [-0.2, 0) is 4.79 Å². The number of hydrogen-bond acceptors (Lipinski definition) is 5. The molecule has 0 radical (unpaired) electrons. The first-order valence-electron chi connectivity index (χ1n) is 6.17. The molecule has 1 atom stereocenters. The Morgan fingerprint density at radius 2 is 2.24 bits per heavy atom.